The number of primary amides is 1. The second kappa shape index (κ2) is 12.9. The van der Waals surface area contributed by atoms with Crippen LogP contribution in [0.4, 0.5) is 5.95 Å². The molecule has 4 aromatic rings. The molecule has 0 unspecified atom stereocenters. The zero-order valence-electron chi connectivity index (χ0n) is 24.3. The molecule has 2 aromatic heterocycles. The number of rotatable bonds is 13. The van der Waals surface area contributed by atoms with Crippen molar-refractivity contribution in [2.75, 3.05) is 32.6 Å². The molecule has 0 bridgehead atoms. The number of carbonyl (C=O) groups excluding carboxylic acids is 1. The number of amides is 1. The Morgan fingerprint density at radius 2 is 1.66 bits per heavy atom. The Bertz CT molecular complexity index is 1480. The molecule has 0 aliphatic carbocycles. The number of hydrogen-bond acceptors (Lipinski definition) is 9. The largest absolute Gasteiger partial charge is 0.480 e. The van der Waals surface area contributed by atoms with Crippen LogP contribution < -0.4 is 35.8 Å². The van der Waals surface area contributed by atoms with Crippen molar-refractivity contribution < 1.29 is 23.4 Å². The van der Waals surface area contributed by atoms with Gasteiger partial charge < -0.3 is 35.0 Å². The van der Waals surface area contributed by atoms with Crippen molar-refractivity contribution in [1.29, 1.82) is 0 Å². The predicted octanol–water partition coefficient (Wildman–Crippen LogP) is 4.70. The van der Waals surface area contributed by atoms with E-state index in [2.05, 4.69) is 58.4 Å². The average Bonchev–Trinajstić information content (AvgIpc) is 3.42. The second-order valence-electron chi connectivity index (χ2n) is 10.5. The Morgan fingerprint density at radius 1 is 0.976 bits per heavy atom. The van der Waals surface area contributed by atoms with Crippen molar-refractivity contribution in [2.45, 2.75) is 33.1 Å². The molecule has 0 aliphatic rings. The molecular formula is C30H37N5O5Si. The van der Waals surface area contributed by atoms with Gasteiger partial charge in [-0.25, -0.2) is 0 Å². The van der Waals surface area contributed by atoms with E-state index in [0.29, 0.717) is 42.1 Å². The molecule has 216 valence electrons. The van der Waals surface area contributed by atoms with E-state index in [1.54, 1.807) is 20.3 Å². The van der Waals surface area contributed by atoms with Gasteiger partial charge in [-0.15, -0.1) is 0 Å². The normalized spacial score (nSPS) is 11.3. The van der Waals surface area contributed by atoms with Crippen LogP contribution in [0, 0.1) is 6.92 Å². The van der Waals surface area contributed by atoms with E-state index in [9.17, 15) is 4.79 Å². The van der Waals surface area contributed by atoms with Crippen LogP contribution in [0.25, 0.3) is 11.1 Å². The van der Waals surface area contributed by atoms with E-state index in [1.165, 1.54) is 11.6 Å². The number of nitrogens with zero attached hydrogens (tertiary/aromatic N) is 2. The molecule has 1 amide bonds. The van der Waals surface area contributed by atoms with Crippen LogP contribution >= 0.6 is 0 Å². The van der Waals surface area contributed by atoms with Gasteiger partial charge in [0.2, 0.25) is 17.7 Å². The van der Waals surface area contributed by atoms with E-state index in [-0.39, 0.29) is 11.7 Å². The fourth-order valence-corrected chi connectivity index (χ4v) is 5.36. The lowest BCUT2D eigenvalue weighted by Gasteiger charge is -2.22. The molecule has 2 aromatic carbocycles. The van der Waals surface area contributed by atoms with Crippen LogP contribution in [-0.4, -0.2) is 51.3 Å². The van der Waals surface area contributed by atoms with Crippen LogP contribution in [0.15, 0.2) is 59.0 Å². The highest BCUT2D eigenvalue weighted by atomic mass is 28.3. The van der Waals surface area contributed by atoms with Crippen LogP contribution in [0.1, 0.15) is 21.7 Å². The molecule has 0 spiro atoms. The van der Waals surface area contributed by atoms with Crippen molar-refractivity contribution >= 4 is 25.1 Å². The van der Waals surface area contributed by atoms with Gasteiger partial charge in [-0.2, -0.15) is 9.97 Å². The summed E-state index contributed by atoms with van der Waals surface area (Å²) in [5.41, 5.74) is 8.79. The predicted molar refractivity (Wildman–Crippen MR) is 162 cm³/mol. The highest BCUT2D eigenvalue weighted by Gasteiger charge is 2.26. The Balaban J connectivity index is 1.64. The smallest absolute Gasteiger partial charge is 0.290 e. The van der Waals surface area contributed by atoms with Crippen molar-refractivity contribution in [3.63, 3.8) is 0 Å². The Morgan fingerprint density at radius 3 is 2.24 bits per heavy atom. The topological polar surface area (TPSA) is 134 Å². The molecule has 4 rings (SSSR count). The summed E-state index contributed by atoms with van der Waals surface area (Å²) in [4.78, 5) is 20.8. The maximum Gasteiger partial charge on any atom is 0.290 e. The van der Waals surface area contributed by atoms with Gasteiger partial charge in [0.25, 0.3) is 11.9 Å². The molecule has 0 saturated carbocycles. The standard InChI is InChI=1S/C30H37N5O5Si/c1-19-22(16-21(41(4,5)6)17-24(19)40-25-13-12-23(39-25)27(31)36)26-28(37-2)34-30(35-29(26)38-3)33-15-14-32-18-20-10-8-7-9-11-20/h7-13,16-17,32H,14-15,18H2,1-6H3,(H2,31,36)(H,33,34,35). The highest BCUT2D eigenvalue weighted by Crippen LogP contribution is 2.41. The highest BCUT2D eigenvalue weighted by molar-refractivity contribution is 6.88. The van der Waals surface area contributed by atoms with Gasteiger partial charge in [0, 0.05) is 31.3 Å². The minimum atomic E-state index is -1.82. The zero-order chi connectivity index (χ0) is 29.6. The summed E-state index contributed by atoms with van der Waals surface area (Å²) in [6.07, 6.45) is 0. The fourth-order valence-electron chi connectivity index (χ4n) is 4.22. The Labute approximate surface area is 241 Å². The number of aromatic nitrogens is 2. The molecule has 0 atom stereocenters. The minimum Gasteiger partial charge on any atom is -0.480 e. The molecule has 0 fully saturated rings. The van der Waals surface area contributed by atoms with Gasteiger partial charge in [0.15, 0.2) is 5.76 Å². The van der Waals surface area contributed by atoms with E-state index in [0.717, 1.165) is 22.9 Å². The number of carbonyl (C=O) groups is 1. The molecule has 41 heavy (non-hydrogen) atoms. The third-order valence-electron chi connectivity index (χ3n) is 6.52. The molecule has 10 nitrogen and oxygen atoms in total. The van der Waals surface area contributed by atoms with Gasteiger partial charge >= 0.3 is 0 Å². The lowest BCUT2D eigenvalue weighted by Crippen LogP contribution is -2.37. The number of benzene rings is 2. The summed E-state index contributed by atoms with van der Waals surface area (Å²) < 4.78 is 23.1. The maximum absolute atomic E-state index is 11.5. The quantitative estimate of drug-likeness (QED) is 0.153. The summed E-state index contributed by atoms with van der Waals surface area (Å²) >= 11 is 0. The average molecular weight is 576 g/mol. The van der Waals surface area contributed by atoms with Crippen LogP contribution in [-0.2, 0) is 6.54 Å². The number of furan rings is 1. The molecule has 4 N–H and O–H groups in total. The monoisotopic (exact) mass is 575 g/mol. The van der Waals surface area contributed by atoms with Gasteiger partial charge in [-0.1, -0.05) is 61.2 Å². The van der Waals surface area contributed by atoms with Crippen molar-refractivity contribution in [3.05, 3.63) is 71.5 Å². The van der Waals surface area contributed by atoms with Crippen LogP contribution in [0.2, 0.25) is 19.6 Å². The van der Waals surface area contributed by atoms with Crippen molar-refractivity contribution in [1.82, 2.24) is 15.3 Å². The second-order valence-corrected chi connectivity index (χ2v) is 15.6. The number of nitrogens with two attached hydrogens (primary N) is 1. The third kappa shape index (κ3) is 7.24. The number of methoxy groups -OCH3 is 2. The van der Waals surface area contributed by atoms with Gasteiger partial charge in [-0.05, 0) is 30.2 Å². The van der Waals surface area contributed by atoms with E-state index < -0.39 is 14.0 Å². The van der Waals surface area contributed by atoms with Crippen molar-refractivity contribution in [2.24, 2.45) is 5.73 Å². The molecule has 0 saturated heterocycles. The lowest BCUT2D eigenvalue weighted by molar-refractivity contribution is 0.0969. The molecule has 2 heterocycles. The van der Waals surface area contributed by atoms with Crippen molar-refractivity contribution in [3.8, 4) is 34.6 Å². The molecular weight excluding hydrogens is 538 g/mol. The number of ether oxygens (including phenoxy) is 3. The molecule has 0 radical (unpaired) electrons. The number of anilines is 1. The summed E-state index contributed by atoms with van der Waals surface area (Å²) in [6.45, 7) is 10.8. The maximum atomic E-state index is 11.5. The first-order chi connectivity index (χ1) is 19.6. The summed E-state index contributed by atoms with van der Waals surface area (Å²) in [5, 5.41) is 7.79. The number of nitrogens with one attached hydrogen (secondary N) is 2. The first-order valence-corrected chi connectivity index (χ1v) is 16.8. The van der Waals surface area contributed by atoms with E-state index >= 15 is 0 Å². The summed E-state index contributed by atoms with van der Waals surface area (Å²) in [5.74, 6) is 1.22. The number of hydrogen-bond donors (Lipinski definition) is 3. The SMILES string of the molecule is COc1nc(NCCNCc2ccccc2)nc(OC)c1-c1cc([Si](C)(C)C)cc(Oc2ccc(C(N)=O)o2)c1C. The van der Waals surface area contributed by atoms with E-state index in [1.807, 2.05) is 31.2 Å². The van der Waals surface area contributed by atoms with E-state index in [4.69, 9.17) is 24.4 Å². The fraction of sp³-hybridized carbons (Fsp3) is 0.300. The zero-order valence-corrected chi connectivity index (χ0v) is 25.3. The molecule has 0 aliphatic heterocycles. The minimum absolute atomic E-state index is 0.0225. The van der Waals surface area contributed by atoms with Gasteiger partial charge in [0.1, 0.15) is 11.3 Å². The van der Waals surface area contributed by atoms with Gasteiger partial charge in [-0.3, -0.25) is 4.79 Å². The first-order valence-electron chi connectivity index (χ1n) is 13.3. The van der Waals surface area contributed by atoms with Crippen LogP contribution in [0.3, 0.4) is 0 Å². The Kier molecular flexibility index (Phi) is 9.30. The summed E-state index contributed by atoms with van der Waals surface area (Å²) in [7, 11) is 1.31. The van der Waals surface area contributed by atoms with Gasteiger partial charge in [0.05, 0.1) is 22.3 Å². The summed E-state index contributed by atoms with van der Waals surface area (Å²) in [6, 6.07) is 17.4. The van der Waals surface area contributed by atoms with Crippen LogP contribution in [0.5, 0.6) is 23.5 Å². The lowest BCUT2D eigenvalue weighted by atomic mass is 10.0. The first kappa shape index (κ1) is 29.6. The Hall–Kier alpha value is -4.35. The molecule has 11 heteroatoms. The third-order valence-corrected chi connectivity index (χ3v) is 8.54.